The minimum atomic E-state index is 0.134. The molecule has 0 aliphatic rings. The zero-order chi connectivity index (χ0) is 10.3. The lowest BCUT2D eigenvalue weighted by atomic mass is 9.87. The van der Waals surface area contributed by atoms with Crippen molar-refractivity contribution in [3.8, 4) is 0 Å². The van der Waals surface area contributed by atoms with Gasteiger partial charge < -0.3 is 5.73 Å². The Labute approximate surface area is 87.8 Å². The van der Waals surface area contributed by atoms with Gasteiger partial charge in [0.25, 0.3) is 0 Å². The van der Waals surface area contributed by atoms with E-state index in [1.54, 1.807) is 17.5 Å². The highest BCUT2D eigenvalue weighted by Crippen LogP contribution is 2.36. The summed E-state index contributed by atoms with van der Waals surface area (Å²) >= 11 is 1.73. The van der Waals surface area contributed by atoms with Crippen molar-refractivity contribution in [2.75, 3.05) is 5.73 Å². The van der Waals surface area contributed by atoms with E-state index in [1.807, 2.05) is 6.07 Å². The number of anilines is 1. The summed E-state index contributed by atoms with van der Waals surface area (Å²) < 4.78 is 1.22. The normalized spacial score (nSPS) is 12.2. The number of nitrogens with zero attached hydrogens (tertiary/aromatic N) is 1. The summed E-state index contributed by atoms with van der Waals surface area (Å²) in [5.41, 5.74) is 7.32. The Hall–Kier alpha value is -1.09. The highest BCUT2D eigenvalue weighted by molar-refractivity contribution is 7.17. The van der Waals surface area contributed by atoms with Crippen molar-refractivity contribution < 1.29 is 0 Å². The van der Waals surface area contributed by atoms with Gasteiger partial charge in [0.1, 0.15) is 5.82 Å². The molecule has 74 valence electrons. The highest BCUT2D eigenvalue weighted by atomic mass is 32.1. The van der Waals surface area contributed by atoms with Crippen LogP contribution in [0.4, 0.5) is 5.82 Å². The minimum Gasteiger partial charge on any atom is -0.383 e. The molecule has 0 bridgehead atoms. The first kappa shape index (κ1) is 9.46. The Morgan fingerprint density at radius 1 is 1.36 bits per heavy atom. The second kappa shape index (κ2) is 2.95. The molecule has 2 rings (SSSR count). The van der Waals surface area contributed by atoms with Gasteiger partial charge in [0, 0.05) is 16.3 Å². The molecule has 0 atom stereocenters. The molecule has 0 aromatic carbocycles. The molecule has 14 heavy (non-hydrogen) atoms. The quantitative estimate of drug-likeness (QED) is 0.719. The molecule has 0 saturated heterocycles. The molecule has 2 heterocycles. The molecular formula is C11H14N2S. The number of pyridine rings is 1. The molecular weight excluding hydrogens is 192 g/mol. The largest absolute Gasteiger partial charge is 0.383 e. The fourth-order valence-electron chi connectivity index (χ4n) is 1.56. The lowest BCUT2D eigenvalue weighted by Crippen LogP contribution is -2.10. The van der Waals surface area contributed by atoms with E-state index in [2.05, 4.69) is 31.1 Å². The summed E-state index contributed by atoms with van der Waals surface area (Å²) in [5, 5.41) is 3.31. The van der Waals surface area contributed by atoms with Gasteiger partial charge >= 0.3 is 0 Å². The summed E-state index contributed by atoms with van der Waals surface area (Å²) in [4.78, 5) is 4.14. The van der Waals surface area contributed by atoms with Gasteiger partial charge in [0.05, 0.1) is 0 Å². The molecule has 0 spiro atoms. The van der Waals surface area contributed by atoms with E-state index < -0.39 is 0 Å². The van der Waals surface area contributed by atoms with Gasteiger partial charge in [-0.05, 0) is 22.4 Å². The average Bonchev–Trinajstić information content (AvgIpc) is 2.47. The number of hydrogen-bond acceptors (Lipinski definition) is 3. The lowest BCUT2D eigenvalue weighted by molar-refractivity contribution is 0.598. The van der Waals surface area contributed by atoms with E-state index in [0.717, 1.165) is 5.39 Å². The van der Waals surface area contributed by atoms with E-state index >= 15 is 0 Å². The first-order chi connectivity index (χ1) is 6.50. The molecule has 3 heteroatoms. The van der Waals surface area contributed by atoms with Crippen LogP contribution < -0.4 is 5.73 Å². The first-order valence-electron chi connectivity index (χ1n) is 4.62. The van der Waals surface area contributed by atoms with Gasteiger partial charge in [-0.15, -0.1) is 11.3 Å². The van der Waals surface area contributed by atoms with Crippen LogP contribution in [0.25, 0.3) is 10.1 Å². The number of thiophene rings is 1. The van der Waals surface area contributed by atoms with Gasteiger partial charge in [0.15, 0.2) is 0 Å². The summed E-state index contributed by atoms with van der Waals surface area (Å²) in [7, 11) is 0. The van der Waals surface area contributed by atoms with Gasteiger partial charge in [-0.25, -0.2) is 4.98 Å². The Kier molecular flexibility index (Phi) is 2.00. The molecule has 0 aliphatic heterocycles. The van der Waals surface area contributed by atoms with Crippen LogP contribution in [0.1, 0.15) is 26.3 Å². The molecule has 0 unspecified atom stereocenters. The van der Waals surface area contributed by atoms with E-state index in [0.29, 0.717) is 5.82 Å². The molecule has 2 aromatic rings. The fourth-order valence-corrected chi connectivity index (χ4v) is 2.75. The van der Waals surface area contributed by atoms with Crippen molar-refractivity contribution in [3.05, 3.63) is 23.2 Å². The van der Waals surface area contributed by atoms with Crippen molar-refractivity contribution in [2.24, 2.45) is 0 Å². The van der Waals surface area contributed by atoms with Gasteiger partial charge in [0.2, 0.25) is 0 Å². The lowest BCUT2D eigenvalue weighted by Gasteiger charge is -2.17. The summed E-state index contributed by atoms with van der Waals surface area (Å²) in [6.45, 7) is 6.59. The minimum absolute atomic E-state index is 0.134. The van der Waals surface area contributed by atoms with Crippen LogP contribution in [0, 0.1) is 0 Å². The third kappa shape index (κ3) is 1.38. The first-order valence-corrected chi connectivity index (χ1v) is 5.50. The van der Waals surface area contributed by atoms with E-state index in [-0.39, 0.29) is 5.41 Å². The van der Waals surface area contributed by atoms with Crippen molar-refractivity contribution in [3.63, 3.8) is 0 Å². The highest BCUT2D eigenvalue weighted by Gasteiger charge is 2.19. The van der Waals surface area contributed by atoms with Crippen LogP contribution in [0.3, 0.4) is 0 Å². The van der Waals surface area contributed by atoms with Crippen LogP contribution in [0.15, 0.2) is 17.6 Å². The van der Waals surface area contributed by atoms with Crippen LogP contribution in [-0.4, -0.2) is 4.98 Å². The second-order valence-electron chi connectivity index (χ2n) is 4.47. The number of nitrogen functional groups attached to an aromatic ring is 1. The number of hydrogen-bond donors (Lipinski definition) is 1. The Morgan fingerprint density at radius 3 is 2.71 bits per heavy atom. The van der Waals surface area contributed by atoms with Crippen LogP contribution in [0.2, 0.25) is 0 Å². The van der Waals surface area contributed by atoms with Gasteiger partial charge in [-0.1, -0.05) is 20.8 Å². The summed E-state index contributed by atoms with van der Waals surface area (Å²) in [6.07, 6.45) is 1.76. The molecule has 2 aromatic heterocycles. The molecule has 0 fully saturated rings. The van der Waals surface area contributed by atoms with Crippen molar-refractivity contribution in [1.29, 1.82) is 0 Å². The number of aromatic nitrogens is 1. The zero-order valence-corrected chi connectivity index (χ0v) is 9.48. The summed E-state index contributed by atoms with van der Waals surface area (Å²) in [6, 6.07) is 2.02. The van der Waals surface area contributed by atoms with Crippen molar-refractivity contribution in [2.45, 2.75) is 26.2 Å². The molecule has 0 aliphatic carbocycles. The molecule has 2 nitrogen and oxygen atoms in total. The number of rotatable bonds is 0. The maximum Gasteiger partial charge on any atom is 0.132 e. The van der Waals surface area contributed by atoms with E-state index in [1.165, 1.54) is 10.3 Å². The SMILES string of the molecule is CC(C)(C)c1csc2ccnc(N)c12. The predicted octanol–water partition coefficient (Wildman–Crippen LogP) is 3.18. The average molecular weight is 206 g/mol. The Bertz CT molecular complexity index is 466. The van der Waals surface area contributed by atoms with Gasteiger partial charge in [-0.3, -0.25) is 0 Å². The Balaban J connectivity index is 2.80. The molecule has 0 saturated carbocycles. The topological polar surface area (TPSA) is 38.9 Å². The maximum atomic E-state index is 5.89. The second-order valence-corrected chi connectivity index (χ2v) is 5.38. The zero-order valence-electron chi connectivity index (χ0n) is 8.66. The van der Waals surface area contributed by atoms with Crippen LogP contribution in [-0.2, 0) is 5.41 Å². The number of fused-ring (bicyclic) bond motifs is 1. The third-order valence-corrected chi connectivity index (χ3v) is 3.27. The standard InChI is InChI=1S/C11H14N2S/c1-11(2,3)7-6-14-8-4-5-13-10(12)9(7)8/h4-6H,1-3H3,(H2,12,13). The third-order valence-electron chi connectivity index (χ3n) is 2.32. The number of nitrogens with two attached hydrogens (primary N) is 1. The van der Waals surface area contributed by atoms with Crippen LogP contribution >= 0.6 is 11.3 Å². The van der Waals surface area contributed by atoms with E-state index in [4.69, 9.17) is 5.73 Å². The summed E-state index contributed by atoms with van der Waals surface area (Å²) in [5.74, 6) is 0.647. The predicted molar refractivity (Wildman–Crippen MR) is 62.7 cm³/mol. The Morgan fingerprint density at radius 2 is 2.07 bits per heavy atom. The van der Waals surface area contributed by atoms with Crippen molar-refractivity contribution in [1.82, 2.24) is 4.98 Å². The molecule has 0 radical (unpaired) electrons. The monoisotopic (exact) mass is 206 g/mol. The van der Waals surface area contributed by atoms with E-state index in [9.17, 15) is 0 Å². The molecule has 0 amide bonds. The van der Waals surface area contributed by atoms with Crippen molar-refractivity contribution >= 4 is 27.2 Å². The molecule has 2 N–H and O–H groups in total. The maximum absolute atomic E-state index is 5.89. The smallest absolute Gasteiger partial charge is 0.132 e. The fraction of sp³-hybridized carbons (Fsp3) is 0.364. The van der Waals surface area contributed by atoms with Gasteiger partial charge in [-0.2, -0.15) is 0 Å². The van der Waals surface area contributed by atoms with Crippen LogP contribution in [0.5, 0.6) is 0 Å².